The van der Waals surface area contributed by atoms with Gasteiger partial charge >= 0.3 is 6.09 Å². The molecule has 1 aliphatic rings. The number of benzene rings is 2. The standard InChI is InChI=1S/C27H31ClN4O4/c1-4-20-24(18-12-11-17(36-3)14-19(18)28)29-21(5-2)26(30-20)31-25-22(13-16-9-7-6-8-10-16)32(27(34)35)15-23(25)33/h6-12,14,22-23,25,33H,4-5,13,15H2,1-3H3,(H,30,31)(H,34,35)/t22?,23-,25+/m0/s1. The van der Waals surface area contributed by atoms with Crippen LogP contribution in [0.15, 0.2) is 48.5 Å². The van der Waals surface area contributed by atoms with Gasteiger partial charge in [0, 0.05) is 5.56 Å². The molecule has 0 aliphatic carbocycles. The van der Waals surface area contributed by atoms with Crippen LogP contribution in [0.1, 0.15) is 30.8 Å². The van der Waals surface area contributed by atoms with E-state index in [1.54, 1.807) is 13.2 Å². The van der Waals surface area contributed by atoms with Gasteiger partial charge in [0.25, 0.3) is 0 Å². The highest BCUT2D eigenvalue weighted by Gasteiger charge is 2.44. The first-order valence-corrected chi connectivity index (χ1v) is 12.5. The third-order valence-corrected chi connectivity index (χ3v) is 6.90. The summed E-state index contributed by atoms with van der Waals surface area (Å²) in [6.45, 7) is 4.00. The van der Waals surface area contributed by atoms with Crippen LogP contribution in [0.4, 0.5) is 10.6 Å². The highest BCUT2D eigenvalue weighted by molar-refractivity contribution is 6.33. The van der Waals surface area contributed by atoms with Gasteiger partial charge in [-0.1, -0.05) is 55.8 Å². The van der Waals surface area contributed by atoms with Crippen LogP contribution in [0, 0.1) is 0 Å². The minimum Gasteiger partial charge on any atom is -0.497 e. The summed E-state index contributed by atoms with van der Waals surface area (Å²) in [5, 5.41) is 24.6. The summed E-state index contributed by atoms with van der Waals surface area (Å²) in [6, 6.07) is 14.1. The molecule has 1 aliphatic heterocycles. The van der Waals surface area contributed by atoms with E-state index >= 15 is 0 Å². The van der Waals surface area contributed by atoms with Gasteiger partial charge < -0.3 is 25.2 Å². The zero-order valence-electron chi connectivity index (χ0n) is 20.6. The molecule has 1 amide bonds. The van der Waals surface area contributed by atoms with Crippen LogP contribution in [-0.2, 0) is 19.3 Å². The van der Waals surface area contributed by atoms with E-state index in [0.29, 0.717) is 47.2 Å². The maximum absolute atomic E-state index is 12.0. The van der Waals surface area contributed by atoms with E-state index in [0.717, 1.165) is 16.8 Å². The number of β-amino-alcohol motifs (C(OH)–C–C–N with tert-alkyl or cyclic N) is 1. The van der Waals surface area contributed by atoms with Crippen LogP contribution < -0.4 is 10.1 Å². The Morgan fingerprint density at radius 2 is 1.86 bits per heavy atom. The lowest BCUT2D eigenvalue weighted by molar-refractivity contribution is 0.131. The minimum atomic E-state index is -1.06. The molecule has 0 bridgehead atoms. The quantitative estimate of drug-likeness (QED) is 0.404. The number of aromatic nitrogens is 2. The van der Waals surface area contributed by atoms with Gasteiger partial charge in [-0.25, -0.2) is 14.8 Å². The molecular formula is C27H31ClN4O4. The second-order valence-electron chi connectivity index (χ2n) is 8.80. The number of aryl methyl sites for hydroxylation is 2. The number of aliphatic hydroxyl groups is 1. The molecule has 3 N–H and O–H groups in total. The molecule has 190 valence electrons. The molecule has 1 unspecified atom stereocenters. The Morgan fingerprint density at radius 1 is 1.14 bits per heavy atom. The zero-order chi connectivity index (χ0) is 25.8. The summed E-state index contributed by atoms with van der Waals surface area (Å²) in [6.07, 6.45) is -0.265. The average molecular weight is 511 g/mol. The Morgan fingerprint density at radius 3 is 2.47 bits per heavy atom. The second-order valence-corrected chi connectivity index (χ2v) is 9.20. The van der Waals surface area contributed by atoms with Crippen molar-refractivity contribution in [2.45, 2.75) is 51.3 Å². The Hall–Kier alpha value is -3.36. The molecule has 1 fully saturated rings. The normalized spacial score (nSPS) is 19.4. The van der Waals surface area contributed by atoms with Crippen LogP contribution in [-0.4, -0.2) is 63.0 Å². The number of methoxy groups -OCH3 is 1. The number of anilines is 1. The monoisotopic (exact) mass is 510 g/mol. The lowest BCUT2D eigenvalue weighted by atomic mass is 9.98. The predicted octanol–water partition coefficient (Wildman–Crippen LogP) is 4.68. The van der Waals surface area contributed by atoms with Gasteiger partial charge in [-0.05, 0) is 43.0 Å². The summed E-state index contributed by atoms with van der Waals surface area (Å²) in [7, 11) is 1.59. The highest BCUT2D eigenvalue weighted by atomic mass is 35.5. The van der Waals surface area contributed by atoms with E-state index in [2.05, 4.69) is 5.32 Å². The Balaban J connectivity index is 1.70. The molecule has 0 radical (unpaired) electrons. The highest BCUT2D eigenvalue weighted by Crippen LogP contribution is 2.34. The van der Waals surface area contributed by atoms with Crippen LogP contribution in [0.3, 0.4) is 0 Å². The molecular weight excluding hydrogens is 480 g/mol. The number of nitrogens with one attached hydrogen (secondary N) is 1. The van der Waals surface area contributed by atoms with Gasteiger partial charge in [0.1, 0.15) is 11.6 Å². The first-order chi connectivity index (χ1) is 17.4. The Kier molecular flexibility index (Phi) is 7.96. The maximum Gasteiger partial charge on any atom is 0.407 e. The van der Waals surface area contributed by atoms with E-state index in [4.69, 9.17) is 26.3 Å². The number of hydrogen-bond acceptors (Lipinski definition) is 6. The van der Waals surface area contributed by atoms with Gasteiger partial charge in [-0.2, -0.15) is 0 Å². The van der Waals surface area contributed by atoms with Crippen molar-refractivity contribution in [2.75, 3.05) is 19.0 Å². The van der Waals surface area contributed by atoms with Crippen molar-refractivity contribution in [1.29, 1.82) is 0 Å². The van der Waals surface area contributed by atoms with Crippen LogP contribution >= 0.6 is 11.6 Å². The molecule has 4 rings (SSSR count). The fraction of sp³-hybridized carbons (Fsp3) is 0.370. The number of amides is 1. The molecule has 3 atom stereocenters. The largest absolute Gasteiger partial charge is 0.497 e. The summed E-state index contributed by atoms with van der Waals surface area (Å²) in [4.78, 5) is 23.1. The van der Waals surface area contributed by atoms with Crippen molar-refractivity contribution in [2.24, 2.45) is 0 Å². The van der Waals surface area contributed by atoms with Crippen molar-refractivity contribution in [3.05, 3.63) is 70.5 Å². The first kappa shape index (κ1) is 25.7. The number of hydrogen-bond donors (Lipinski definition) is 3. The number of carboxylic acid groups (broad SMARTS) is 1. The van der Waals surface area contributed by atoms with Crippen molar-refractivity contribution in [3.63, 3.8) is 0 Å². The van der Waals surface area contributed by atoms with Crippen molar-refractivity contribution < 1.29 is 19.7 Å². The van der Waals surface area contributed by atoms with E-state index in [1.165, 1.54) is 4.90 Å². The average Bonchev–Trinajstić information content (AvgIpc) is 3.19. The third-order valence-electron chi connectivity index (χ3n) is 6.59. The van der Waals surface area contributed by atoms with Gasteiger partial charge in [-0.3, -0.25) is 0 Å². The molecule has 2 aromatic carbocycles. The Labute approximate surface area is 215 Å². The van der Waals surface area contributed by atoms with Crippen LogP contribution in [0.5, 0.6) is 5.75 Å². The van der Waals surface area contributed by atoms with Crippen molar-refractivity contribution in [3.8, 4) is 17.0 Å². The summed E-state index contributed by atoms with van der Waals surface area (Å²) < 4.78 is 5.27. The first-order valence-electron chi connectivity index (χ1n) is 12.1. The predicted molar refractivity (Wildman–Crippen MR) is 140 cm³/mol. The smallest absolute Gasteiger partial charge is 0.407 e. The molecule has 2 heterocycles. The molecule has 36 heavy (non-hydrogen) atoms. The minimum absolute atomic E-state index is 0.0273. The number of halogens is 1. The molecule has 9 heteroatoms. The zero-order valence-corrected chi connectivity index (χ0v) is 21.4. The molecule has 8 nitrogen and oxygen atoms in total. The van der Waals surface area contributed by atoms with E-state index in [1.807, 2.05) is 56.3 Å². The summed E-state index contributed by atoms with van der Waals surface area (Å²) in [5.74, 6) is 1.21. The Bertz CT molecular complexity index is 1220. The molecule has 1 aromatic heterocycles. The fourth-order valence-corrected chi connectivity index (χ4v) is 4.97. The SMILES string of the molecule is CCc1nc(-c2ccc(OC)cc2Cl)c(CC)nc1N[C@@H]1C(Cc2ccccc2)N(C(=O)O)C[C@@H]1O. The lowest BCUT2D eigenvalue weighted by Gasteiger charge is -2.28. The number of likely N-dealkylation sites (tertiary alicyclic amines) is 1. The fourth-order valence-electron chi connectivity index (χ4n) is 4.71. The number of aliphatic hydroxyl groups excluding tert-OH is 1. The van der Waals surface area contributed by atoms with Crippen LogP contribution in [0.25, 0.3) is 11.3 Å². The van der Waals surface area contributed by atoms with Gasteiger partial charge in [0.05, 0.1) is 53.9 Å². The van der Waals surface area contributed by atoms with Crippen molar-refractivity contribution in [1.82, 2.24) is 14.9 Å². The topological polar surface area (TPSA) is 108 Å². The molecule has 0 spiro atoms. The van der Waals surface area contributed by atoms with Crippen LogP contribution in [0.2, 0.25) is 5.02 Å². The molecule has 1 saturated heterocycles. The third kappa shape index (κ3) is 5.24. The summed E-state index contributed by atoms with van der Waals surface area (Å²) in [5.41, 5.74) is 3.93. The van der Waals surface area contributed by atoms with E-state index in [-0.39, 0.29) is 6.54 Å². The number of rotatable bonds is 8. The maximum atomic E-state index is 12.0. The van der Waals surface area contributed by atoms with E-state index < -0.39 is 24.3 Å². The van der Waals surface area contributed by atoms with Gasteiger partial charge in [-0.15, -0.1) is 0 Å². The van der Waals surface area contributed by atoms with E-state index in [9.17, 15) is 15.0 Å². The van der Waals surface area contributed by atoms with Gasteiger partial charge in [0.15, 0.2) is 0 Å². The van der Waals surface area contributed by atoms with Gasteiger partial charge in [0.2, 0.25) is 0 Å². The summed E-state index contributed by atoms with van der Waals surface area (Å²) >= 11 is 6.55. The second kappa shape index (κ2) is 11.1. The number of nitrogens with zero attached hydrogens (tertiary/aromatic N) is 3. The molecule has 0 saturated carbocycles. The number of carbonyl (C=O) groups is 1. The lowest BCUT2D eigenvalue weighted by Crippen LogP contribution is -2.44. The molecule has 3 aromatic rings. The number of ether oxygens (including phenoxy) is 1. The van der Waals surface area contributed by atoms with Crippen molar-refractivity contribution >= 4 is 23.5 Å².